The van der Waals surface area contributed by atoms with Gasteiger partial charge in [0.15, 0.2) is 0 Å². The number of carbonyl (C=O) groups is 2. The number of nitrogens with two attached hydrogens (primary N) is 1. The molecule has 1 rings (SSSR count). The Morgan fingerprint density at radius 2 is 2.31 bits per heavy atom. The molecule has 0 aromatic carbocycles. The Labute approximate surface area is 75.1 Å². The number of hydrogen-bond acceptors (Lipinski definition) is 4. The summed E-state index contributed by atoms with van der Waals surface area (Å²) in [7, 11) is 1.48. The van der Waals surface area contributed by atoms with Crippen molar-refractivity contribution in [1.82, 2.24) is 5.32 Å². The molecule has 0 radical (unpaired) electrons. The number of carbonyl (C=O) groups excluding carboxylic acids is 2. The van der Waals surface area contributed by atoms with Crippen LogP contribution in [0.25, 0.3) is 0 Å². The highest BCUT2D eigenvalue weighted by molar-refractivity contribution is 6.39. The molecule has 3 N–H and O–H groups in total. The average molecular weight is 185 g/mol. The highest BCUT2D eigenvalue weighted by Gasteiger charge is 2.42. The molecule has 0 spiro atoms. The molecule has 0 bridgehead atoms. The topological polar surface area (TPSA) is 93.8 Å². The smallest absolute Gasteiger partial charge is 0.268 e. The molecule has 2 amide bonds. The maximum Gasteiger partial charge on any atom is 0.268 e. The minimum atomic E-state index is -1.18. The van der Waals surface area contributed by atoms with E-state index in [0.717, 1.165) is 0 Å². The zero-order chi connectivity index (χ0) is 10.1. The lowest BCUT2D eigenvalue weighted by Crippen LogP contribution is -2.42. The predicted octanol–water partition coefficient (Wildman–Crippen LogP) is -1.25. The quantitative estimate of drug-likeness (QED) is 0.563. The fourth-order valence-electron chi connectivity index (χ4n) is 0.938. The fourth-order valence-corrected chi connectivity index (χ4v) is 0.938. The average Bonchev–Trinajstić information content (AvgIpc) is 2.48. The second-order valence-corrected chi connectivity index (χ2v) is 2.98. The van der Waals surface area contributed by atoms with Gasteiger partial charge in [-0.2, -0.15) is 0 Å². The monoisotopic (exact) mass is 185 g/mol. The summed E-state index contributed by atoms with van der Waals surface area (Å²) in [6, 6.07) is 0. The maximum absolute atomic E-state index is 11.1. The summed E-state index contributed by atoms with van der Waals surface area (Å²) >= 11 is 0. The number of rotatable bonds is 2. The Bertz CT molecular complexity index is 287. The van der Waals surface area contributed by atoms with Gasteiger partial charge in [-0.3, -0.25) is 9.59 Å². The van der Waals surface area contributed by atoms with Crippen molar-refractivity contribution in [2.45, 2.75) is 18.9 Å². The Balaban J connectivity index is 2.71. The maximum atomic E-state index is 11.1. The van der Waals surface area contributed by atoms with Crippen molar-refractivity contribution in [3.63, 3.8) is 0 Å². The van der Waals surface area contributed by atoms with E-state index in [1.807, 2.05) is 0 Å². The van der Waals surface area contributed by atoms with Crippen molar-refractivity contribution >= 4 is 17.5 Å². The molecule has 0 saturated carbocycles. The van der Waals surface area contributed by atoms with Gasteiger partial charge in [0, 0.05) is 7.05 Å². The van der Waals surface area contributed by atoms with Crippen molar-refractivity contribution < 1.29 is 14.4 Å². The van der Waals surface area contributed by atoms with Crippen LogP contribution < -0.4 is 11.1 Å². The standard InChI is InChI=1S/C7H11N3O3/c1-7(6(8)12)3-4(10-13-7)5(11)9-2/h3H2,1-2H3,(H2,8,12)(H,9,11)/t7-/m0/s1. The van der Waals surface area contributed by atoms with Gasteiger partial charge in [-0.1, -0.05) is 5.16 Å². The third-order valence-electron chi connectivity index (χ3n) is 1.87. The molecule has 13 heavy (non-hydrogen) atoms. The molecule has 0 aliphatic carbocycles. The first-order valence-electron chi connectivity index (χ1n) is 3.76. The van der Waals surface area contributed by atoms with E-state index in [2.05, 4.69) is 10.5 Å². The molecule has 1 heterocycles. The zero-order valence-corrected chi connectivity index (χ0v) is 7.46. The first kappa shape index (κ1) is 9.50. The Kier molecular flexibility index (Phi) is 2.22. The molecule has 1 aliphatic heterocycles. The summed E-state index contributed by atoms with van der Waals surface area (Å²) in [5, 5.41) is 5.87. The summed E-state index contributed by atoms with van der Waals surface area (Å²) in [4.78, 5) is 26.7. The Morgan fingerprint density at radius 1 is 1.69 bits per heavy atom. The van der Waals surface area contributed by atoms with Gasteiger partial charge < -0.3 is 15.9 Å². The lowest BCUT2D eigenvalue weighted by molar-refractivity contribution is -0.138. The fraction of sp³-hybridized carbons (Fsp3) is 0.571. The van der Waals surface area contributed by atoms with Gasteiger partial charge in [0.1, 0.15) is 5.71 Å². The van der Waals surface area contributed by atoms with Gasteiger partial charge >= 0.3 is 0 Å². The van der Waals surface area contributed by atoms with E-state index in [1.165, 1.54) is 14.0 Å². The van der Waals surface area contributed by atoms with Gasteiger partial charge in [0.05, 0.1) is 6.42 Å². The number of oxime groups is 1. The molecular weight excluding hydrogens is 174 g/mol. The number of amides is 2. The third kappa shape index (κ3) is 1.61. The van der Waals surface area contributed by atoms with Gasteiger partial charge in [0.25, 0.3) is 11.8 Å². The number of hydrogen-bond donors (Lipinski definition) is 2. The highest BCUT2D eigenvalue weighted by Crippen LogP contribution is 2.22. The summed E-state index contributed by atoms with van der Waals surface area (Å²) in [5.74, 6) is -0.986. The Morgan fingerprint density at radius 3 is 2.69 bits per heavy atom. The van der Waals surface area contributed by atoms with Crippen LogP contribution in [0.3, 0.4) is 0 Å². The van der Waals surface area contributed by atoms with Crippen LogP contribution in [0.2, 0.25) is 0 Å². The second kappa shape index (κ2) is 3.04. The van der Waals surface area contributed by atoms with E-state index >= 15 is 0 Å². The van der Waals surface area contributed by atoms with Crippen molar-refractivity contribution in [1.29, 1.82) is 0 Å². The lowest BCUT2D eigenvalue weighted by atomic mass is 9.99. The molecule has 0 aromatic rings. The van der Waals surface area contributed by atoms with E-state index in [4.69, 9.17) is 10.6 Å². The number of nitrogens with one attached hydrogen (secondary N) is 1. The van der Waals surface area contributed by atoms with Crippen molar-refractivity contribution in [3.8, 4) is 0 Å². The third-order valence-corrected chi connectivity index (χ3v) is 1.87. The van der Waals surface area contributed by atoms with Crippen molar-refractivity contribution in [2.75, 3.05) is 7.05 Å². The Hall–Kier alpha value is -1.59. The minimum absolute atomic E-state index is 0.113. The summed E-state index contributed by atoms with van der Waals surface area (Å²) < 4.78 is 0. The SMILES string of the molecule is CNC(=O)C1=NO[C@](C)(C(N)=O)C1. The van der Waals surface area contributed by atoms with Crippen molar-refractivity contribution in [3.05, 3.63) is 0 Å². The van der Waals surface area contributed by atoms with E-state index in [1.54, 1.807) is 0 Å². The summed E-state index contributed by atoms with van der Waals surface area (Å²) in [6.45, 7) is 1.49. The van der Waals surface area contributed by atoms with E-state index in [-0.39, 0.29) is 18.0 Å². The van der Waals surface area contributed by atoms with Crippen LogP contribution in [0, 0.1) is 0 Å². The first-order chi connectivity index (χ1) is 5.99. The summed E-state index contributed by atoms with van der Waals surface area (Å²) in [6.07, 6.45) is 0.113. The van der Waals surface area contributed by atoms with Crippen molar-refractivity contribution in [2.24, 2.45) is 10.9 Å². The van der Waals surface area contributed by atoms with Crippen LogP contribution in [-0.4, -0.2) is 30.2 Å². The van der Waals surface area contributed by atoms with Crippen LogP contribution in [0.4, 0.5) is 0 Å². The van der Waals surface area contributed by atoms with Crippen LogP contribution >= 0.6 is 0 Å². The molecule has 1 aliphatic rings. The largest absolute Gasteiger partial charge is 0.379 e. The van der Waals surface area contributed by atoms with Gasteiger partial charge in [-0.15, -0.1) is 0 Å². The van der Waals surface area contributed by atoms with E-state index < -0.39 is 11.5 Å². The minimum Gasteiger partial charge on any atom is -0.379 e. The normalized spacial score (nSPS) is 26.2. The lowest BCUT2D eigenvalue weighted by Gasteiger charge is -2.15. The van der Waals surface area contributed by atoms with Gasteiger partial charge in [-0.25, -0.2) is 0 Å². The molecule has 0 saturated heterocycles. The van der Waals surface area contributed by atoms with Crippen LogP contribution in [0.1, 0.15) is 13.3 Å². The molecule has 6 nitrogen and oxygen atoms in total. The van der Waals surface area contributed by atoms with Gasteiger partial charge in [-0.05, 0) is 6.92 Å². The van der Waals surface area contributed by atoms with E-state index in [0.29, 0.717) is 0 Å². The van der Waals surface area contributed by atoms with Crippen LogP contribution in [0.5, 0.6) is 0 Å². The number of nitrogens with zero attached hydrogens (tertiary/aromatic N) is 1. The molecular formula is C7H11N3O3. The zero-order valence-electron chi connectivity index (χ0n) is 7.46. The first-order valence-corrected chi connectivity index (χ1v) is 3.76. The van der Waals surface area contributed by atoms with E-state index in [9.17, 15) is 9.59 Å². The molecule has 72 valence electrons. The van der Waals surface area contributed by atoms with Crippen LogP contribution in [0.15, 0.2) is 5.16 Å². The molecule has 0 unspecified atom stereocenters. The molecule has 6 heteroatoms. The highest BCUT2D eigenvalue weighted by atomic mass is 16.7. The molecule has 0 aromatic heterocycles. The molecule has 0 fully saturated rings. The van der Waals surface area contributed by atoms with Crippen LogP contribution in [-0.2, 0) is 14.4 Å². The number of primary amides is 1. The second-order valence-electron chi connectivity index (χ2n) is 2.98. The molecule has 1 atom stereocenters. The summed E-state index contributed by atoms with van der Waals surface area (Å²) in [5.41, 5.74) is 4.07. The van der Waals surface area contributed by atoms with Gasteiger partial charge in [0.2, 0.25) is 5.60 Å². The predicted molar refractivity (Wildman–Crippen MR) is 44.8 cm³/mol.